The Bertz CT molecular complexity index is 922. The summed E-state index contributed by atoms with van der Waals surface area (Å²) in [5.41, 5.74) is 3.09. The number of anilines is 2. The van der Waals surface area contributed by atoms with Gasteiger partial charge in [-0.25, -0.2) is 0 Å². The molecule has 0 aliphatic carbocycles. The first-order chi connectivity index (χ1) is 15.1. The fraction of sp³-hybridized carbons (Fsp3) is 0.458. The molecule has 0 aromatic heterocycles. The maximum atomic E-state index is 9.36. The highest BCUT2D eigenvalue weighted by atomic mass is 32.2. The van der Waals surface area contributed by atoms with Crippen LogP contribution in [0.4, 0.5) is 11.4 Å². The predicted molar refractivity (Wildman–Crippen MR) is 124 cm³/mol. The number of hydrogen-bond donors (Lipinski definition) is 1. The lowest BCUT2D eigenvalue weighted by Crippen LogP contribution is -2.47. The molecule has 1 fully saturated rings. The van der Waals surface area contributed by atoms with Crippen molar-refractivity contribution in [2.75, 3.05) is 57.3 Å². The van der Waals surface area contributed by atoms with Crippen LogP contribution in [0.1, 0.15) is 18.9 Å². The van der Waals surface area contributed by atoms with E-state index in [-0.39, 0.29) is 0 Å². The number of piperazine rings is 1. The van der Waals surface area contributed by atoms with Crippen LogP contribution in [0.2, 0.25) is 0 Å². The molecule has 6 nitrogen and oxygen atoms in total. The second kappa shape index (κ2) is 10.5. The van der Waals surface area contributed by atoms with Gasteiger partial charge in [-0.1, -0.05) is 23.9 Å². The summed E-state index contributed by atoms with van der Waals surface area (Å²) in [6, 6.07) is 16.8. The molecule has 0 amide bonds. The van der Waals surface area contributed by atoms with Crippen molar-refractivity contribution in [3.05, 3.63) is 48.0 Å². The van der Waals surface area contributed by atoms with E-state index in [1.165, 1.54) is 15.5 Å². The van der Waals surface area contributed by atoms with Gasteiger partial charge in [0.05, 0.1) is 29.6 Å². The van der Waals surface area contributed by atoms with Crippen LogP contribution < -0.4 is 4.90 Å². The molecule has 0 bridgehead atoms. The first kappa shape index (κ1) is 22.1. The van der Waals surface area contributed by atoms with Crippen molar-refractivity contribution >= 4 is 23.1 Å². The van der Waals surface area contributed by atoms with Crippen molar-refractivity contribution in [2.24, 2.45) is 0 Å². The van der Waals surface area contributed by atoms with E-state index in [9.17, 15) is 10.4 Å². The second-order valence-electron chi connectivity index (χ2n) is 8.02. The van der Waals surface area contributed by atoms with Gasteiger partial charge in [0.1, 0.15) is 0 Å². The Morgan fingerprint density at radius 3 is 2.45 bits per heavy atom. The first-order valence-electron chi connectivity index (χ1n) is 11.0. The van der Waals surface area contributed by atoms with Crippen LogP contribution in [0.3, 0.4) is 0 Å². The van der Waals surface area contributed by atoms with Gasteiger partial charge >= 0.3 is 0 Å². The van der Waals surface area contributed by atoms with Crippen LogP contribution in [-0.2, 0) is 4.74 Å². The minimum atomic E-state index is -0.686. The van der Waals surface area contributed by atoms with Crippen molar-refractivity contribution in [1.82, 2.24) is 9.80 Å². The quantitative estimate of drug-likeness (QED) is 0.633. The molecule has 7 heteroatoms. The van der Waals surface area contributed by atoms with Crippen molar-refractivity contribution in [1.29, 1.82) is 5.26 Å². The number of ether oxygens (including phenoxy) is 1. The molecule has 0 spiro atoms. The largest absolute Gasteiger partial charge is 0.368 e. The molecule has 1 unspecified atom stereocenters. The van der Waals surface area contributed by atoms with Gasteiger partial charge in [0.15, 0.2) is 6.29 Å². The number of aliphatic hydroxyl groups is 1. The number of benzene rings is 2. The van der Waals surface area contributed by atoms with E-state index in [0.29, 0.717) is 12.2 Å². The molecule has 2 aromatic rings. The summed E-state index contributed by atoms with van der Waals surface area (Å²) >= 11 is 1.78. The molecule has 2 aliphatic heterocycles. The predicted octanol–water partition coefficient (Wildman–Crippen LogP) is 3.52. The number of hydrogen-bond acceptors (Lipinski definition) is 7. The smallest absolute Gasteiger partial charge is 0.151 e. The molecule has 4 rings (SSSR count). The Labute approximate surface area is 189 Å². The fourth-order valence-electron chi connectivity index (χ4n) is 4.18. The topological polar surface area (TPSA) is 63.0 Å². The Hall–Kier alpha value is -2.08. The number of nitrogens with zero attached hydrogens (tertiary/aromatic N) is 4. The van der Waals surface area contributed by atoms with Gasteiger partial charge in [0.2, 0.25) is 0 Å². The first-order valence-corrected chi connectivity index (χ1v) is 11.8. The lowest BCUT2D eigenvalue weighted by molar-refractivity contribution is -0.0907. The standard InChI is InChI=1S/C24H30N4O2S/c1-19(29)30-16-15-27-13-11-26(12-14-27)9-4-10-28-21-5-2-3-6-23(21)31-24-8-7-20(18-25)17-22(24)28/h2-3,5-8,17,19,29H,4,9-16H2,1H3. The summed E-state index contributed by atoms with van der Waals surface area (Å²) in [5.74, 6) is 0. The zero-order chi connectivity index (χ0) is 21.6. The Morgan fingerprint density at radius 2 is 1.71 bits per heavy atom. The Kier molecular flexibility index (Phi) is 7.49. The van der Waals surface area contributed by atoms with Crippen LogP contribution in [0.15, 0.2) is 52.3 Å². The zero-order valence-corrected chi connectivity index (χ0v) is 18.9. The van der Waals surface area contributed by atoms with Crippen molar-refractivity contribution < 1.29 is 9.84 Å². The second-order valence-corrected chi connectivity index (χ2v) is 9.11. The third kappa shape index (κ3) is 5.59. The molecule has 2 aliphatic rings. The van der Waals surface area contributed by atoms with Crippen LogP contribution in [0.25, 0.3) is 0 Å². The third-order valence-corrected chi connectivity index (χ3v) is 6.97. The van der Waals surface area contributed by atoms with Gasteiger partial charge in [0, 0.05) is 49.1 Å². The van der Waals surface area contributed by atoms with Gasteiger partial charge in [-0.05, 0) is 50.2 Å². The SMILES string of the molecule is CC(O)OCCN1CCN(CCCN2c3ccccc3Sc3ccc(C#N)cc32)CC1. The van der Waals surface area contributed by atoms with E-state index in [0.717, 1.165) is 57.9 Å². The lowest BCUT2D eigenvalue weighted by atomic mass is 10.1. The monoisotopic (exact) mass is 438 g/mol. The number of aliphatic hydroxyl groups excluding tert-OH is 1. The van der Waals surface area contributed by atoms with E-state index < -0.39 is 6.29 Å². The third-order valence-electron chi connectivity index (χ3n) is 5.84. The van der Waals surface area contributed by atoms with E-state index in [1.807, 2.05) is 12.1 Å². The number of nitriles is 1. The maximum Gasteiger partial charge on any atom is 0.151 e. The number of para-hydroxylation sites is 1. The summed E-state index contributed by atoms with van der Waals surface area (Å²) in [6.07, 6.45) is 0.384. The van der Waals surface area contributed by atoms with Gasteiger partial charge in [-0.3, -0.25) is 4.90 Å². The number of rotatable bonds is 8. The molecule has 1 saturated heterocycles. The highest BCUT2D eigenvalue weighted by Crippen LogP contribution is 2.48. The highest BCUT2D eigenvalue weighted by Gasteiger charge is 2.24. The van der Waals surface area contributed by atoms with E-state index in [1.54, 1.807) is 18.7 Å². The van der Waals surface area contributed by atoms with E-state index in [2.05, 4.69) is 51.1 Å². The lowest BCUT2D eigenvalue weighted by Gasteiger charge is -2.36. The maximum absolute atomic E-state index is 9.36. The Balaban J connectivity index is 1.33. The summed E-state index contributed by atoms with van der Waals surface area (Å²) in [7, 11) is 0. The molecule has 1 atom stereocenters. The summed E-state index contributed by atoms with van der Waals surface area (Å²) in [4.78, 5) is 9.80. The molecule has 2 aromatic carbocycles. The Morgan fingerprint density at radius 1 is 1.00 bits per heavy atom. The summed E-state index contributed by atoms with van der Waals surface area (Å²) in [5, 5.41) is 18.6. The van der Waals surface area contributed by atoms with Gasteiger partial charge in [-0.15, -0.1) is 0 Å². The molecule has 0 saturated carbocycles. The molecule has 0 radical (unpaired) electrons. The number of fused-ring (bicyclic) bond motifs is 2. The molecular formula is C24H30N4O2S. The summed E-state index contributed by atoms with van der Waals surface area (Å²) in [6.45, 7) is 9.32. The van der Waals surface area contributed by atoms with Crippen LogP contribution in [0.5, 0.6) is 0 Å². The average Bonchev–Trinajstić information content (AvgIpc) is 2.79. The van der Waals surface area contributed by atoms with E-state index >= 15 is 0 Å². The van der Waals surface area contributed by atoms with E-state index in [4.69, 9.17) is 4.74 Å². The van der Waals surface area contributed by atoms with Gasteiger partial charge in [0.25, 0.3) is 0 Å². The van der Waals surface area contributed by atoms with Crippen molar-refractivity contribution in [3.8, 4) is 6.07 Å². The molecular weight excluding hydrogens is 408 g/mol. The van der Waals surface area contributed by atoms with Gasteiger partial charge < -0.3 is 19.6 Å². The van der Waals surface area contributed by atoms with Crippen LogP contribution >= 0.6 is 11.8 Å². The normalized spacial score (nSPS) is 17.6. The molecule has 31 heavy (non-hydrogen) atoms. The highest BCUT2D eigenvalue weighted by molar-refractivity contribution is 7.99. The molecule has 164 valence electrons. The molecule has 1 N–H and O–H groups in total. The summed E-state index contributed by atoms with van der Waals surface area (Å²) < 4.78 is 5.25. The van der Waals surface area contributed by atoms with Crippen LogP contribution in [0, 0.1) is 11.3 Å². The minimum Gasteiger partial charge on any atom is -0.368 e. The molecule has 2 heterocycles. The fourth-order valence-corrected chi connectivity index (χ4v) is 5.26. The average molecular weight is 439 g/mol. The zero-order valence-electron chi connectivity index (χ0n) is 18.0. The van der Waals surface area contributed by atoms with Crippen molar-refractivity contribution in [2.45, 2.75) is 29.4 Å². The van der Waals surface area contributed by atoms with Gasteiger partial charge in [-0.2, -0.15) is 5.26 Å². The minimum absolute atomic E-state index is 0.578. The van der Waals surface area contributed by atoms with Crippen molar-refractivity contribution in [3.63, 3.8) is 0 Å². The van der Waals surface area contributed by atoms with Crippen LogP contribution in [-0.4, -0.2) is 73.6 Å².